The molecule has 1 heterocycles. The highest BCUT2D eigenvalue weighted by atomic mass is 16.5. The minimum absolute atomic E-state index is 0.239. The topological polar surface area (TPSA) is 54.4 Å². The lowest BCUT2D eigenvalue weighted by atomic mass is 10.00. The number of rotatable bonds is 8. The van der Waals surface area contributed by atoms with Gasteiger partial charge in [-0.05, 0) is 42.3 Å². The number of nitrogens with one attached hydrogen (secondary N) is 1. The molecule has 2 aromatic rings. The molecular formula is C17H24N2O2. The fraction of sp³-hybridized carbons (Fsp3) is 0.471. The number of aliphatic hydroxyl groups is 1. The van der Waals surface area contributed by atoms with Gasteiger partial charge in [0.25, 0.3) is 0 Å². The maximum atomic E-state index is 9.14. The molecule has 0 fully saturated rings. The molecule has 4 nitrogen and oxygen atoms in total. The standard InChI is InChI=1S/C17H24N2O2/c1-3-4-13(8-10-20)12-19-17-16-11-15(21-2)6-5-14(16)7-9-18-17/h5-7,9,11,13,20H,3-4,8,10,12H2,1-2H3,(H,18,19). The molecule has 2 N–H and O–H groups in total. The highest BCUT2D eigenvalue weighted by Crippen LogP contribution is 2.26. The lowest BCUT2D eigenvalue weighted by molar-refractivity contribution is 0.255. The number of fused-ring (bicyclic) bond motifs is 1. The van der Waals surface area contributed by atoms with Crippen molar-refractivity contribution < 1.29 is 9.84 Å². The predicted octanol–water partition coefficient (Wildman–Crippen LogP) is 3.45. The molecule has 1 unspecified atom stereocenters. The second kappa shape index (κ2) is 7.84. The van der Waals surface area contributed by atoms with Gasteiger partial charge in [0.15, 0.2) is 0 Å². The van der Waals surface area contributed by atoms with Crippen LogP contribution in [0.1, 0.15) is 26.2 Å². The maximum Gasteiger partial charge on any atom is 0.133 e. The third-order valence-corrected chi connectivity index (χ3v) is 3.77. The van der Waals surface area contributed by atoms with Crippen LogP contribution in [-0.4, -0.2) is 30.4 Å². The number of hydrogen-bond donors (Lipinski definition) is 2. The Bertz CT molecular complexity index is 566. The molecule has 0 aliphatic rings. The first kappa shape index (κ1) is 15.6. The van der Waals surface area contributed by atoms with Crippen molar-refractivity contribution in [3.05, 3.63) is 30.5 Å². The molecule has 1 aromatic carbocycles. The van der Waals surface area contributed by atoms with Crippen LogP contribution >= 0.6 is 0 Å². The second-order valence-electron chi connectivity index (χ2n) is 5.29. The van der Waals surface area contributed by atoms with E-state index in [9.17, 15) is 0 Å². The van der Waals surface area contributed by atoms with Gasteiger partial charge in [0.1, 0.15) is 11.6 Å². The summed E-state index contributed by atoms with van der Waals surface area (Å²) in [6, 6.07) is 8.00. The predicted molar refractivity (Wildman–Crippen MR) is 86.9 cm³/mol. The number of benzene rings is 1. The zero-order valence-corrected chi connectivity index (χ0v) is 12.8. The van der Waals surface area contributed by atoms with Gasteiger partial charge in [0, 0.05) is 24.7 Å². The minimum Gasteiger partial charge on any atom is -0.497 e. The summed E-state index contributed by atoms with van der Waals surface area (Å²) in [6.07, 6.45) is 4.89. The Balaban J connectivity index is 2.17. The van der Waals surface area contributed by atoms with Crippen LogP contribution in [0.2, 0.25) is 0 Å². The largest absolute Gasteiger partial charge is 0.497 e. The minimum atomic E-state index is 0.239. The fourth-order valence-electron chi connectivity index (χ4n) is 2.60. The maximum absolute atomic E-state index is 9.14. The molecule has 0 saturated heterocycles. The second-order valence-corrected chi connectivity index (χ2v) is 5.29. The van der Waals surface area contributed by atoms with E-state index < -0.39 is 0 Å². The number of anilines is 1. The van der Waals surface area contributed by atoms with Gasteiger partial charge in [0.05, 0.1) is 7.11 Å². The highest BCUT2D eigenvalue weighted by Gasteiger charge is 2.09. The van der Waals surface area contributed by atoms with E-state index >= 15 is 0 Å². The van der Waals surface area contributed by atoms with Crippen LogP contribution in [-0.2, 0) is 0 Å². The normalized spacial score (nSPS) is 12.3. The Hall–Kier alpha value is -1.81. The molecule has 0 amide bonds. The van der Waals surface area contributed by atoms with Crippen molar-refractivity contribution >= 4 is 16.6 Å². The van der Waals surface area contributed by atoms with Gasteiger partial charge in [-0.3, -0.25) is 0 Å². The first-order chi connectivity index (χ1) is 10.3. The van der Waals surface area contributed by atoms with E-state index in [0.29, 0.717) is 5.92 Å². The Morgan fingerprint density at radius 2 is 2.14 bits per heavy atom. The molecule has 1 aromatic heterocycles. The van der Waals surface area contributed by atoms with Gasteiger partial charge in [0.2, 0.25) is 0 Å². The van der Waals surface area contributed by atoms with E-state index in [1.54, 1.807) is 7.11 Å². The lowest BCUT2D eigenvalue weighted by Crippen LogP contribution is -2.16. The number of ether oxygens (including phenoxy) is 1. The zero-order chi connectivity index (χ0) is 15.1. The van der Waals surface area contributed by atoms with Crippen LogP contribution < -0.4 is 10.1 Å². The molecule has 0 radical (unpaired) electrons. The third kappa shape index (κ3) is 4.08. The molecule has 21 heavy (non-hydrogen) atoms. The van der Waals surface area contributed by atoms with Crippen molar-refractivity contribution in [1.82, 2.24) is 4.98 Å². The SMILES string of the molecule is CCCC(CCO)CNc1nccc2ccc(OC)cc12. The van der Waals surface area contributed by atoms with Crippen molar-refractivity contribution in [1.29, 1.82) is 0 Å². The monoisotopic (exact) mass is 288 g/mol. The van der Waals surface area contributed by atoms with E-state index in [-0.39, 0.29) is 6.61 Å². The van der Waals surface area contributed by atoms with Crippen molar-refractivity contribution in [2.45, 2.75) is 26.2 Å². The summed E-state index contributed by atoms with van der Waals surface area (Å²) >= 11 is 0. The summed E-state index contributed by atoms with van der Waals surface area (Å²) in [5.74, 6) is 2.19. The Morgan fingerprint density at radius 1 is 1.29 bits per heavy atom. The van der Waals surface area contributed by atoms with E-state index in [1.807, 2.05) is 30.5 Å². The van der Waals surface area contributed by atoms with Gasteiger partial charge in [-0.15, -0.1) is 0 Å². The van der Waals surface area contributed by atoms with Gasteiger partial charge in [-0.25, -0.2) is 4.98 Å². The van der Waals surface area contributed by atoms with Gasteiger partial charge < -0.3 is 15.2 Å². The van der Waals surface area contributed by atoms with E-state index in [2.05, 4.69) is 17.2 Å². The van der Waals surface area contributed by atoms with Gasteiger partial charge in [-0.1, -0.05) is 19.4 Å². The van der Waals surface area contributed by atoms with Crippen molar-refractivity contribution in [2.24, 2.45) is 5.92 Å². The summed E-state index contributed by atoms with van der Waals surface area (Å²) in [6.45, 7) is 3.24. The molecule has 0 aliphatic carbocycles. The molecule has 0 bridgehead atoms. The van der Waals surface area contributed by atoms with E-state index in [0.717, 1.165) is 48.1 Å². The molecule has 0 saturated carbocycles. The molecule has 1 atom stereocenters. The quantitative estimate of drug-likeness (QED) is 0.781. The third-order valence-electron chi connectivity index (χ3n) is 3.77. The van der Waals surface area contributed by atoms with Crippen LogP contribution in [0.3, 0.4) is 0 Å². The molecule has 0 aliphatic heterocycles. The molecule has 0 spiro atoms. The number of aliphatic hydroxyl groups excluding tert-OH is 1. The summed E-state index contributed by atoms with van der Waals surface area (Å²) in [4.78, 5) is 4.45. The molecule has 2 rings (SSSR count). The van der Waals surface area contributed by atoms with Crippen molar-refractivity contribution in [3.63, 3.8) is 0 Å². The van der Waals surface area contributed by atoms with Crippen molar-refractivity contribution in [3.8, 4) is 5.75 Å². The van der Waals surface area contributed by atoms with Crippen molar-refractivity contribution in [2.75, 3.05) is 25.6 Å². The average Bonchev–Trinajstić information content (AvgIpc) is 2.52. The summed E-state index contributed by atoms with van der Waals surface area (Å²) in [5.41, 5.74) is 0. The van der Waals surface area contributed by atoms with Crippen LogP contribution in [0, 0.1) is 5.92 Å². The smallest absolute Gasteiger partial charge is 0.133 e. The number of methoxy groups -OCH3 is 1. The molecule has 4 heteroatoms. The first-order valence-corrected chi connectivity index (χ1v) is 7.56. The number of aromatic nitrogens is 1. The van der Waals surface area contributed by atoms with E-state index in [1.165, 1.54) is 0 Å². The number of hydrogen-bond acceptors (Lipinski definition) is 4. The van der Waals surface area contributed by atoms with Crippen LogP contribution in [0.4, 0.5) is 5.82 Å². The Labute approximate surface area is 126 Å². The molecule has 114 valence electrons. The summed E-state index contributed by atoms with van der Waals surface area (Å²) < 4.78 is 5.29. The number of pyridine rings is 1. The van der Waals surface area contributed by atoms with E-state index in [4.69, 9.17) is 9.84 Å². The van der Waals surface area contributed by atoms with Crippen LogP contribution in [0.5, 0.6) is 5.75 Å². The first-order valence-electron chi connectivity index (χ1n) is 7.56. The Kier molecular flexibility index (Phi) is 5.81. The van der Waals surface area contributed by atoms with Gasteiger partial charge in [-0.2, -0.15) is 0 Å². The Morgan fingerprint density at radius 3 is 2.86 bits per heavy atom. The lowest BCUT2D eigenvalue weighted by Gasteiger charge is -2.17. The number of nitrogens with zero attached hydrogens (tertiary/aromatic N) is 1. The zero-order valence-electron chi connectivity index (χ0n) is 12.8. The average molecular weight is 288 g/mol. The summed E-state index contributed by atoms with van der Waals surface area (Å²) in [7, 11) is 1.67. The van der Waals surface area contributed by atoms with Crippen LogP contribution in [0.15, 0.2) is 30.5 Å². The summed E-state index contributed by atoms with van der Waals surface area (Å²) in [5, 5.41) is 14.8. The highest BCUT2D eigenvalue weighted by molar-refractivity contribution is 5.92. The molecular weight excluding hydrogens is 264 g/mol. The van der Waals surface area contributed by atoms with Gasteiger partial charge >= 0.3 is 0 Å². The fourth-order valence-corrected chi connectivity index (χ4v) is 2.60. The van der Waals surface area contributed by atoms with Crippen LogP contribution in [0.25, 0.3) is 10.8 Å².